The standard InChI is InChI=1S/C10H15F3N4OS/c1-19-3-2-8(14)9(18)16-7-4-15-17(5-7)6-10(11,12)13/h4-5,8H,2-3,6,14H2,1H3,(H,16,18)/t8-/m0/s1. The summed E-state index contributed by atoms with van der Waals surface area (Å²) in [5.41, 5.74) is 5.83. The highest BCUT2D eigenvalue weighted by Gasteiger charge is 2.28. The van der Waals surface area contributed by atoms with E-state index in [-0.39, 0.29) is 5.69 Å². The van der Waals surface area contributed by atoms with Crippen molar-refractivity contribution in [1.82, 2.24) is 9.78 Å². The number of thioether (sulfide) groups is 1. The summed E-state index contributed by atoms with van der Waals surface area (Å²) in [4.78, 5) is 11.6. The topological polar surface area (TPSA) is 72.9 Å². The number of nitrogens with two attached hydrogens (primary N) is 1. The molecule has 0 spiro atoms. The highest BCUT2D eigenvalue weighted by Crippen LogP contribution is 2.18. The molecule has 1 heterocycles. The van der Waals surface area contributed by atoms with Crippen LogP contribution >= 0.6 is 11.8 Å². The fraction of sp³-hybridized carbons (Fsp3) is 0.600. The van der Waals surface area contributed by atoms with Crippen molar-refractivity contribution in [2.45, 2.75) is 25.2 Å². The zero-order valence-electron chi connectivity index (χ0n) is 10.3. The first-order valence-electron chi connectivity index (χ1n) is 5.46. The van der Waals surface area contributed by atoms with Crippen LogP contribution in [0.25, 0.3) is 0 Å². The van der Waals surface area contributed by atoms with Gasteiger partial charge >= 0.3 is 6.18 Å². The van der Waals surface area contributed by atoms with E-state index in [0.29, 0.717) is 11.1 Å². The average Bonchev–Trinajstić information content (AvgIpc) is 2.70. The van der Waals surface area contributed by atoms with Gasteiger partial charge in [0.1, 0.15) is 6.54 Å². The summed E-state index contributed by atoms with van der Waals surface area (Å²) in [6.07, 6.45) is 0.329. The molecule has 108 valence electrons. The van der Waals surface area contributed by atoms with Gasteiger partial charge in [-0.1, -0.05) is 0 Å². The Balaban J connectivity index is 2.51. The SMILES string of the molecule is CSCC[C@H](N)C(=O)Nc1cnn(CC(F)(F)F)c1. The largest absolute Gasteiger partial charge is 0.408 e. The third-order valence-electron chi connectivity index (χ3n) is 2.21. The summed E-state index contributed by atoms with van der Waals surface area (Å²) in [5, 5.41) is 5.95. The molecule has 19 heavy (non-hydrogen) atoms. The Morgan fingerprint density at radius 3 is 2.89 bits per heavy atom. The molecule has 0 aliphatic heterocycles. The summed E-state index contributed by atoms with van der Waals surface area (Å²) in [6, 6.07) is -0.682. The van der Waals surface area contributed by atoms with Gasteiger partial charge in [0.15, 0.2) is 0 Å². The molecule has 5 nitrogen and oxygen atoms in total. The van der Waals surface area contributed by atoms with E-state index in [2.05, 4.69) is 10.4 Å². The zero-order chi connectivity index (χ0) is 14.5. The Hall–Kier alpha value is -1.22. The molecule has 1 amide bonds. The van der Waals surface area contributed by atoms with Crippen molar-refractivity contribution in [3.8, 4) is 0 Å². The van der Waals surface area contributed by atoms with Gasteiger partial charge in [0.2, 0.25) is 5.91 Å². The molecule has 1 aromatic rings. The second kappa shape index (κ2) is 6.80. The maximum absolute atomic E-state index is 12.1. The van der Waals surface area contributed by atoms with Crippen molar-refractivity contribution >= 4 is 23.4 Å². The molecular formula is C10H15F3N4OS. The van der Waals surface area contributed by atoms with Crippen molar-refractivity contribution < 1.29 is 18.0 Å². The maximum Gasteiger partial charge on any atom is 0.408 e. The van der Waals surface area contributed by atoms with Gasteiger partial charge in [-0.05, 0) is 18.4 Å². The predicted molar refractivity (Wildman–Crippen MR) is 67.9 cm³/mol. The molecule has 0 bridgehead atoms. The number of aromatic nitrogens is 2. The Labute approximate surface area is 112 Å². The Kier molecular flexibility index (Phi) is 5.67. The van der Waals surface area contributed by atoms with E-state index in [1.807, 2.05) is 6.26 Å². The number of alkyl halides is 3. The lowest BCUT2D eigenvalue weighted by Gasteiger charge is -2.10. The molecule has 3 N–H and O–H groups in total. The Morgan fingerprint density at radius 1 is 1.63 bits per heavy atom. The number of hydrogen-bond donors (Lipinski definition) is 2. The quantitative estimate of drug-likeness (QED) is 0.833. The van der Waals surface area contributed by atoms with Gasteiger partial charge in [0, 0.05) is 6.20 Å². The normalized spacial score (nSPS) is 13.3. The Bertz CT molecular complexity index is 421. The van der Waals surface area contributed by atoms with Crippen molar-refractivity contribution in [3.63, 3.8) is 0 Å². The van der Waals surface area contributed by atoms with Crippen LogP contribution in [0, 0.1) is 0 Å². The van der Waals surface area contributed by atoms with Gasteiger partial charge in [0.25, 0.3) is 0 Å². The molecule has 1 rings (SSSR count). The number of carbonyl (C=O) groups excluding carboxylic acids is 1. The van der Waals surface area contributed by atoms with Crippen molar-refractivity contribution in [2.75, 3.05) is 17.3 Å². The first-order chi connectivity index (χ1) is 8.81. The van der Waals surface area contributed by atoms with Crippen LogP contribution in [-0.2, 0) is 11.3 Å². The highest BCUT2D eigenvalue weighted by atomic mass is 32.2. The van der Waals surface area contributed by atoms with Crippen molar-refractivity contribution in [2.24, 2.45) is 5.73 Å². The molecule has 0 aliphatic carbocycles. The smallest absolute Gasteiger partial charge is 0.322 e. The second-order valence-electron chi connectivity index (χ2n) is 3.92. The third-order valence-corrected chi connectivity index (χ3v) is 2.86. The predicted octanol–water partition coefficient (Wildman–Crippen LogP) is 1.46. The van der Waals surface area contributed by atoms with E-state index in [1.165, 1.54) is 0 Å². The lowest BCUT2D eigenvalue weighted by Crippen LogP contribution is -2.36. The number of hydrogen-bond acceptors (Lipinski definition) is 4. The number of nitrogens with one attached hydrogen (secondary N) is 1. The second-order valence-corrected chi connectivity index (χ2v) is 4.90. The summed E-state index contributed by atoms with van der Waals surface area (Å²) in [6.45, 7) is -1.19. The molecule has 0 fully saturated rings. The molecule has 1 atom stereocenters. The molecule has 1 aromatic heterocycles. The third kappa shape index (κ3) is 5.97. The fourth-order valence-corrected chi connectivity index (χ4v) is 1.80. The molecule has 0 saturated carbocycles. The summed E-state index contributed by atoms with van der Waals surface area (Å²) < 4.78 is 37.0. The molecular weight excluding hydrogens is 281 g/mol. The molecule has 0 aliphatic rings. The molecule has 0 radical (unpaired) electrons. The number of amides is 1. The van der Waals surface area contributed by atoms with E-state index in [4.69, 9.17) is 5.73 Å². The first-order valence-corrected chi connectivity index (χ1v) is 6.86. The van der Waals surface area contributed by atoms with Crippen LogP contribution in [0.2, 0.25) is 0 Å². The van der Waals surface area contributed by atoms with Crippen LogP contribution in [0.15, 0.2) is 12.4 Å². The molecule has 0 aromatic carbocycles. The van der Waals surface area contributed by atoms with Gasteiger partial charge in [0.05, 0.1) is 17.9 Å². The summed E-state index contributed by atoms with van der Waals surface area (Å²) in [5.74, 6) is 0.308. The van der Waals surface area contributed by atoms with Gasteiger partial charge in [-0.15, -0.1) is 0 Å². The van der Waals surface area contributed by atoms with Gasteiger partial charge < -0.3 is 11.1 Å². The van der Waals surface area contributed by atoms with Gasteiger partial charge in [-0.2, -0.15) is 30.0 Å². The number of nitrogens with zero attached hydrogens (tertiary/aromatic N) is 2. The van der Waals surface area contributed by atoms with Gasteiger partial charge in [-0.3, -0.25) is 9.48 Å². The minimum Gasteiger partial charge on any atom is -0.322 e. The minimum atomic E-state index is -4.35. The molecule has 0 saturated heterocycles. The van der Waals surface area contributed by atoms with Crippen molar-refractivity contribution in [1.29, 1.82) is 0 Å². The van der Waals surface area contributed by atoms with Crippen molar-refractivity contribution in [3.05, 3.63) is 12.4 Å². The van der Waals surface area contributed by atoms with E-state index in [0.717, 1.165) is 18.1 Å². The monoisotopic (exact) mass is 296 g/mol. The van der Waals surface area contributed by atoms with E-state index in [1.54, 1.807) is 11.8 Å². The number of halogens is 3. The number of anilines is 1. The maximum atomic E-state index is 12.1. The van der Waals surface area contributed by atoms with Crippen LogP contribution in [0.3, 0.4) is 0 Å². The summed E-state index contributed by atoms with van der Waals surface area (Å²) in [7, 11) is 0. The number of carbonyl (C=O) groups is 1. The average molecular weight is 296 g/mol. The fourth-order valence-electron chi connectivity index (χ4n) is 1.31. The highest BCUT2D eigenvalue weighted by molar-refractivity contribution is 7.98. The summed E-state index contributed by atoms with van der Waals surface area (Å²) >= 11 is 1.56. The minimum absolute atomic E-state index is 0.203. The zero-order valence-corrected chi connectivity index (χ0v) is 11.1. The van der Waals surface area contributed by atoms with Crippen LogP contribution in [-0.4, -0.2) is 39.9 Å². The van der Waals surface area contributed by atoms with Gasteiger partial charge in [-0.25, -0.2) is 0 Å². The van der Waals surface area contributed by atoms with Crippen LogP contribution in [0.5, 0.6) is 0 Å². The van der Waals surface area contributed by atoms with Crippen LogP contribution in [0.4, 0.5) is 18.9 Å². The molecule has 9 heteroatoms. The molecule has 0 unspecified atom stereocenters. The Morgan fingerprint density at radius 2 is 2.32 bits per heavy atom. The van der Waals surface area contributed by atoms with E-state index < -0.39 is 24.7 Å². The number of rotatable bonds is 6. The lowest BCUT2D eigenvalue weighted by molar-refractivity contribution is -0.142. The van der Waals surface area contributed by atoms with E-state index in [9.17, 15) is 18.0 Å². The van der Waals surface area contributed by atoms with Crippen LogP contribution < -0.4 is 11.1 Å². The van der Waals surface area contributed by atoms with E-state index >= 15 is 0 Å². The lowest BCUT2D eigenvalue weighted by atomic mass is 10.2. The first kappa shape index (κ1) is 15.8. The van der Waals surface area contributed by atoms with Crippen LogP contribution in [0.1, 0.15) is 6.42 Å².